The van der Waals surface area contributed by atoms with Crippen molar-refractivity contribution in [2.45, 2.75) is 75.9 Å². The summed E-state index contributed by atoms with van der Waals surface area (Å²) in [5.74, 6) is 0.361. The van der Waals surface area contributed by atoms with Crippen molar-refractivity contribution >= 4 is 32.7 Å². The van der Waals surface area contributed by atoms with Crippen molar-refractivity contribution < 1.29 is 26.4 Å². The molecule has 1 amide bonds. The van der Waals surface area contributed by atoms with Crippen molar-refractivity contribution in [3.05, 3.63) is 54.1 Å². The largest absolute Gasteiger partial charge is 0.389 e. The van der Waals surface area contributed by atoms with Crippen LogP contribution in [0.4, 0.5) is 13.2 Å². The van der Waals surface area contributed by atoms with E-state index in [-0.39, 0.29) is 47.3 Å². The smallest absolute Gasteiger partial charge is 0.340 e. The molecule has 3 atom stereocenters. The number of hydrogen-bond acceptors (Lipinski definition) is 6. The van der Waals surface area contributed by atoms with Gasteiger partial charge in [-0.15, -0.1) is 10.2 Å². The van der Waals surface area contributed by atoms with Crippen LogP contribution in [-0.2, 0) is 14.8 Å². The van der Waals surface area contributed by atoms with Gasteiger partial charge in [0.25, 0.3) is 10.0 Å². The molecule has 0 bridgehead atoms. The molecule has 9 nitrogen and oxygen atoms in total. The van der Waals surface area contributed by atoms with Crippen LogP contribution in [0.25, 0.3) is 16.8 Å². The fraction of sp³-hybridized carbons (Fsp3) is 0.481. The van der Waals surface area contributed by atoms with Gasteiger partial charge in [0, 0.05) is 38.0 Å². The molecule has 0 radical (unpaired) electrons. The maximum absolute atomic E-state index is 13.4. The van der Waals surface area contributed by atoms with Crippen molar-refractivity contribution in [2.75, 3.05) is 6.54 Å². The highest BCUT2D eigenvalue weighted by atomic mass is 32.2. The van der Waals surface area contributed by atoms with E-state index in [1.807, 2.05) is 13.8 Å². The van der Waals surface area contributed by atoms with Gasteiger partial charge in [-0.1, -0.05) is 31.0 Å². The molecule has 0 saturated heterocycles. The fourth-order valence-electron chi connectivity index (χ4n) is 5.87. The normalized spacial score (nSPS) is 20.0. The summed E-state index contributed by atoms with van der Waals surface area (Å²) in [6.45, 7) is 5.34. The van der Waals surface area contributed by atoms with E-state index in [4.69, 9.17) is 0 Å². The van der Waals surface area contributed by atoms with Crippen LogP contribution in [0.3, 0.4) is 0 Å². The molecule has 1 aliphatic rings. The molecule has 3 aromatic heterocycles. The average molecular weight is 577 g/mol. The molecule has 3 heterocycles. The third-order valence-corrected chi connectivity index (χ3v) is 9.55. The van der Waals surface area contributed by atoms with Crippen LogP contribution >= 0.6 is 0 Å². The molecule has 0 N–H and O–H groups in total. The number of halogens is 3. The number of benzene rings is 1. The minimum absolute atomic E-state index is 0.0388. The van der Waals surface area contributed by atoms with Gasteiger partial charge in [-0.25, -0.2) is 17.4 Å². The Morgan fingerprint density at radius 2 is 1.85 bits per heavy atom. The van der Waals surface area contributed by atoms with E-state index in [0.717, 1.165) is 16.0 Å². The van der Waals surface area contributed by atoms with Crippen LogP contribution in [0.1, 0.15) is 63.3 Å². The van der Waals surface area contributed by atoms with Crippen LogP contribution in [0.15, 0.2) is 47.6 Å². The monoisotopic (exact) mass is 576 g/mol. The van der Waals surface area contributed by atoms with Gasteiger partial charge in [-0.05, 0) is 50.3 Å². The van der Waals surface area contributed by atoms with E-state index in [1.54, 1.807) is 39.6 Å². The first-order valence-electron chi connectivity index (χ1n) is 13.3. The van der Waals surface area contributed by atoms with E-state index in [9.17, 15) is 26.4 Å². The Hall–Kier alpha value is -3.48. The van der Waals surface area contributed by atoms with Gasteiger partial charge < -0.3 is 4.90 Å². The van der Waals surface area contributed by atoms with Crippen molar-refractivity contribution in [3.63, 3.8) is 0 Å². The molecule has 0 spiro atoms. The highest BCUT2D eigenvalue weighted by molar-refractivity contribution is 7.90. The molecule has 1 aromatic carbocycles. The van der Waals surface area contributed by atoms with E-state index in [0.29, 0.717) is 29.8 Å². The SMILES string of the molecule is CCC1CC(N(CCCC(F)(F)F)C(C)=O)CC1c1nnc2cnc3c(ccn3S(=O)(=O)c3ccc(C)cc3)n12. The van der Waals surface area contributed by atoms with Gasteiger partial charge >= 0.3 is 6.18 Å². The van der Waals surface area contributed by atoms with E-state index < -0.39 is 22.6 Å². The van der Waals surface area contributed by atoms with Crippen LogP contribution in [0, 0.1) is 12.8 Å². The summed E-state index contributed by atoms with van der Waals surface area (Å²) < 4.78 is 68.1. The van der Waals surface area contributed by atoms with E-state index in [2.05, 4.69) is 15.2 Å². The third-order valence-electron chi connectivity index (χ3n) is 7.87. The molecule has 40 heavy (non-hydrogen) atoms. The first-order chi connectivity index (χ1) is 18.9. The van der Waals surface area contributed by atoms with Crippen molar-refractivity contribution in [2.24, 2.45) is 5.92 Å². The molecule has 1 saturated carbocycles. The predicted octanol–water partition coefficient (Wildman–Crippen LogP) is 5.09. The van der Waals surface area contributed by atoms with Gasteiger partial charge in [-0.3, -0.25) is 9.20 Å². The second-order valence-electron chi connectivity index (χ2n) is 10.5. The summed E-state index contributed by atoms with van der Waals surface area (Å²) in [6, 6.07) is 8.02. The van der Waals surface area contributed by atoms with Crippen LogP contribution in [0.2, 0.25) is 0 Å². The third kappa shape index (κ3) is 5.18. The molecule has 3 unspecified atom stereocenters. The lowest BCUT2D eigenvalue weighted by Gasteiger charge is -2.28. The number of amides is 1. The second-order valence-corrected chi connectivity index (χ2v) is 12.3. The van der Waals surface area contributed by atoms with Gasteiger partial charge in [0.15, 0.2) is 11.3 Å². The van der Waals surface area contributed by atoms with Gasteiger partial charge in [0.2, 0.25) is 5.91 Å². The number of nitrogens with zero attached hydrogens (tertiary/aromatic N) is 6. The lowest BCUT2D eigenvalue weighted by atomic mass is 9.93. The maximum Gasteiger partial charge on any atom is 0.389 e. The molecule has 214 valence electrons. The number of aromatic nitrogens is 5. The topological polar surface area (TPSA) is 102 Å². The molecule has 4 aromatic rings. The fourth-order valence-corrected chi connectivity index (χ4v) is 7.17. The summed E-state index contributed by atoms with van der Waals surface area (Å²) in [5.41, 5.74) is 2.16. The summed E-state index contributed by atoms with van der Waals surface area (Å²) in [4.78, 5) is 18.5. The number of carbonyl (C=O) groups is 1. The van der Waals surface area contributed by atoms with Gasteiger partial charge in [0.1, 0.15) is 5.82 Å². The van der Waals surface area contributed by atoms with E-state index in [1.165, 1.54) is 19.3 Å². The standard InChI is InChI=1S/C27H31F3N6O3S/c1-4-19-14-20(34(18(3)37)12-5-11-27(28,29)30)15-22(19)25-33-32-24-16-31-26-23(36(24)25)10-13-35(26)40(38,39)21-8-6-17(2)7-9-21/h6-10,13,16,19-20,22H,4-5,11-12,14-15H2,1-3H3. The summed E-state index contributed by atoms with van der Waals surface area (Å²) in [6.07, 6.45) is -0.473. The summed E-state index contributed by atoms with van der Waals surface area (Å²) in [7, 11) is -3.91. The Labute approximate surface area is 230 Å². The maximum atomic E-state index is 13.4. The highest BCUT2D eigenvalue weighted by Gasteiger charge is 2.41. The molecule has 13 heteroatoms. The number of alkyl halides is 3. The lowest BCUT2D eigenvalue weighted by Crippen LogP contribution is -2.38. The Morgan fingerprint density at radius 3 is 2.50 bits per heavy atom. The Morgan fingerprint density at radius 1 is 1.12 bits per heavy atom. The Balaban J connectivity index is 1.50. The number of rotatable bonds is 8. The predicted molar refractivity (Wildman–Crippen MR) is 142 cm³/mol. The molecular weight excluding hydrogens is 545 g/mol. The Kier molecular flexibility index (Phi) is 7.36. The van der Waals surface area contributed by atoms with Crippen LogP contribution < -0.4 is 0 Å². The zero-order valence-corrected chi connectivity index (χ0v) is 23.3. The van der Waals surface area contributed by atoms with Crippen molar-refractivity contribution in [1.29, 1.82) is 0 Å². The Bertz CT molecular complexity index is 1650. The highest BCUT2D eigenvalue weighted by Crippen LogP contribution is 2.43. The molecule has 1 fully saturated rings. The second kappa shape index (κ2) is 10.5. The first-order valence-corrected chi connectivity index (χ1v) is 14.7. The minimum atomic E-state index is -4.27. The quantitative estimate of drug-likeness (QED) is 0.290. The van der Waals surface area contributed by atoms with Crippen molar-refractivity contribution in [1.82, 2.24) is 28.5 Å². The first kappa shape index (κ1) is 28.1. The van der Waals surface area contributed by atoms with Crippen LogP contribution in [0.5, 0.6) is 0 Å². The van der Waals surface area contributed by atoms with Gasteiger partial charge in [0.05, 0.1) is 16.6 Å². The minimum Gasteiger partial charge on any atom is -0.340 e. The number of hydrogen-bond donors (Lipinski definition) is 0. The molecular formula is C27H31F3N6O3S. The summed E-state index contributed by atoms with van der Waals surface area (Å²) >= 11 is 0. The van der Waals surface area contributed by atoms with Gasteiger partial charge in [-0.2, -0.15) is 13.2 Å². The average Bonchev–Trinajstić information content (AvgIpc) is 3.61. The van der Waals surface area contributed by atoms with Crippen LogP contribution in [-0.4, -0.2) is 61.5 Å². The lowest BCUT2D eigenvalue weighted by molar-refractivity contribution is -0.141. The zero-order chi connectivity index (χ0) is 28.8. The zero-order valence-electron chi connectivity index (χ0n) is 22.5. The molecule has 1 aliphatic carbocycles. The number of carbonyl (C=O) groups excluding carboxylic acids is 1. The molecule has 5 rings (SSSR count). The summed E-state index contributed by atoms with van der Waals surface area (Å²) in [5, 5.41) is 8.75. The number of fused-ring (bicyclic) bond motifs is 3. The number of aryl methyl sites for hydroxylation is 1. The van der Waals surface area contributed by atoms with Crippen molar-refractivity contribution in [3.8, 4) is 0 Å². The molecule has 0 aliphatic heterocycles. The van der Waals surface area contributed by atoms with E-state index >= 15 is 0 Å².